The van der Waals surface area contributed by atoms with Gasteiger partial charge in [0.15, 0.2) is 0 Å². The first-order chi connectivity index (χ1) is 8.13. The van der Waals surface area contributed by atoms with Crippen LogP contribution in [0.4, 0.5) is 5.82 Å². The molecule has 0 atom stereocenters. The molecule has 0 aliphatic rings. The summed E-state index contributed by atoms with van der Waals surface area (Å²) in [6, 6.07) is 6.83. The minimum absolute atomic E-state index is 0.133. The number of rotatable bonds is 3. The van der Waals surface area contributed by atoms with E-state index in [-0.39, 0.29) is 5.75 Å². The quantitative estimate of drug-likeness (QED) is 0.847. The van der Waals surface area contributed by atoms with Gasteiger partial charge in [-0.05, 0) is 19.1 Å². The third kappa shape index (κ3) is 2.04. The second kappa shape index (κ2) is 4.37. The molecule has 1 aromatic heterocycles. The molecular formula is C12H15N3O2. The summed E-state index contributed by atoms with van der Waals surface area (Å²) in [6.07, 6.45) is 0. The summed E-state index contributed by atoms with van der Waals surface area (Å²) in [4.78, 5) is 0. The molecule has 3 N–H and O–H groups in total. The Morgan fingerprint density at radius 2 is 2.24 bits per heavy atom. The van der Waals surface area contributed by atoms with E-state index < -0.39 is 0 Å². The van der Waals surface area contributed by atoms with E-state index in [1.54, 1.807) is 36.0 Å². The lowest BCUT2D eigenvalue weighted by atomic mass is 10.1. The summed E-state index contributed by atoms with van der Waals surface area (Å²) in [7, 11) is 1.75. The first-order valence-electron chi connectivity index (χ1n) is 5.38. The Hall–Kier alpha value is -2.17. The van der Waals surface area contributed by atoms with Gasteiger partial charge < -0.3 is 15.6 Å². The molecule has 17 heavy (non-hydrogen) atoms. The third-order valence-corrected chi connectivity index (χ3v) is 2.48. The second-order valence-electron chi connectivity index (χ2n) is 3.66. The third-order valence-electron chi connectivity index (χ3n) is 2.48. The Morgan fingerprint density at radius 1 is 1.47 bits per heavy atom. The van der Waals surface area contributed by atoms with Gasteiger partial charge in [-0.15, -0.1) is 0 Å². The highest BCUT2D eigenvalue weighted by molar-refractivity contribution is 5.75. The average molecular weight is 233 g/mol. The van der Waals surface area contributed by atoms with Gasteiger partial charge in [-0.1, -0.05) is 6.07 Å². The molecule has 0 fully saturated rings. The van der Waals surface area contributed by atoms with Crippen molar-refractivity contribution in [3.05, 3.63) is 24.3 Å². The molecule has 0 amide bonds. The van der Waals surface area contributed by atoms with Crippen LogP contribution in [-0.2, 0) is 7.05 Å². The smallest absolute Gasteiger partial charge is 0.132 e. The first kappa shape index (κ1) is 11.3. The molecule has 1 aromatic carbocycles. The number of benzene rings is 1. The molecule has 2 rings (SSSR count). The van der Waals surface area contributed by atoms with Crippen LogP contribution >= 0.6 is 0 Å². The number of nitrogen functional groups attached to an aromatic ring is 1. The van der Waals surface area contributed by atoms with Gasteiger partial charge in [0.25, 0.3) is 0 Å². The van der Waals surface area contributed by atoms with Gasteiger partial charge in [-0.25, -0.2) is 0 Å². The fourth-order valence-electron chi connectivity index (χ4n) is 1.66. The molecule has 0 radical (unpaired) electrons. The van der Waals surface area contributed by atoms with Crippen LogP contribution in [0.1, 0.15) is 6.92 Å². The van der Waals surface area contributed by atoms with Crippen LogP contribution in [0.3, 0.4) is 0 Å². The van der Waals surface area contributed by atoms with Crippen LogP contribution in [-0.4, -0.2) is 21.5 Å². The van der Waals surface area contributed by atoms with Gasteiger partial charge in [0.1, 0.15) is 23.0 Å². The summed E-state index contributed by atoms with van der Waals surface area (Å²) in [5.74, 6) is 1.27. The topological polar surface area (TPSA) is 73.3 Å². The zero-order valence-corrected chi connectivity index (χ0v) is 9.84. The number of anilines is 1. The lowest BCUT2D eigenvalue weighted by Gasteiger charge is -2.09. The molecule has 0 spiro atoms. The number of aryl methyl sites for hydroxylation is 1. The standard InChI is InChI=1S/C12H15N3O2/c1-3-17-10-6-4-5-9(16)12(10)8-7-11(13)15(2)14-8/h4-7,16H,3,13H2,1-2H3. The Bertz CT molecular complexity index is 515. The summed E-state index contributed by atoms with van der Waals surface area (Å²) < 4.78 is 7.02. The molecule has 5 heteroatoms. The van der Waals surface area contributed by atoms with E-state index in [4.69, 9.17) is 10.5 Å². The van der Waals surface area contributed by atoms with E-state index in [9.17, 15) is 5.11 Å². The Balaban J connectivity index is 2.56. The second-order valence-corrected chi connectivity index (χ2v) is 3.66. The molecule has 2 aromatic rings. The molecule has 5 nitrogen and oxygen atoms in total. The van der Waals surface area contributed by atoms with Crippen molar-refractivity contribution < 1.29 is 9.84 Å². The first-order valence-corrected chi connectivity index (χ1v) is 5.38. The highest BCUT2D eigenvalue weighted by atomic mass is 16.5. The van der Waals surface area contributed by atoms with Crippen LogP contribution in [0.5, 0.6) is 11.5 Å². The molecule has 90 valence electrons. The molecule has 0 aliphatic heterocycles. The normalized spacial score (nSPS) is 10.5. The van der Waals surface area contributed by atoms with Crippen LogP contribution < -0.4 is 10.5 Å². The van der Waals surface area contributed by atoms with E-state index >= 15 is 0 Å². The van der Waals surface area contributed by atoms with Crippen LogP contribution in [0.25, 0.3) is 11.3 Å². The maximum absolute atomic E-state index is 9.90. The predicted molar refractivity (Wildman–Crippen MR) is 65.9 cm³/mol. The maximum Gasteiger partial charge on any atom is 0.132 e. The van der Waals surface area contributed by atoms with E-state index in [0.717, 1.165) is 0 Å². The number of hydrogen-bond donors (Lipinski definition) is 2. The van der Waals surface area contributed by atoms with Gasteiger partial charge in [0.2, 0.25) is 0 Å². The average Bonchev–Trinajstić information content (AvgIpc) is 2.59. The van der Waals surface area contributed by atoms with Crippen LogP contribution in [0, 0.1) is 0 Å². The Morgan fingerprint density at radius 3 is 2.82 bits per heavy atom. The molecule has 0 aliphatic carbocycles. The van der Waals surface area contributed by atoms with Crippen molar-refractivity contribution in [3.8, 4) is 22.8 Å². The number of hydrogen-bond acceptors (Lipinski definition) is 4. The Kier molecular flexibility index (Phi) is 2.91. The largest absolute Gasteiger partial charge is 0.507 e. The monoisotopic (exact) mass is 233 g/mol. The minimum atomic E-state index is 0.133. The van der Waals surface area contributed by atoms with Crippen molar-refractivity contribution in [2.75, 3.05) is 12.3 Å². The molecule has 0 saturated carbocycles. The molecular weight excluding hydrogens is 218 g/mol. The lowest BCUT2D eigenvalue weighted by molar-refractivity contribution is 0.339. The van der Waals surface area contributed by atoms with Crippen LogP contribution in [0.15, 0.2) is 24.3 Å². The summed E-state index contributed by atoms with van der Waals surface area (Å²) in [5.41, 5.74) is 6.90. The van der Waals surface area contributed by atoms with E-state index in [2.05, 4.69) is 5.10 Å². The zero-order chi connectivity index (χ0) is 12.4. The highest BCUT2D eigenvalue weighted by Gasteiger charge is 2.15. The fourth-order valence-corrected chi connectivity index (χ4v) is 1.66. The van der Waals surface area contributed by atoms with Crippen molar-refractivity contribution in [2.45, 2.75) is 6.92 Å². The van der Waals surface area contributed by atoms with Crippen molar-refractivity contribution in [2.24, 2.45) is 7.05 Å². The van der Waals surface area contributed by atoms with E-state index in [1.807, 2.05) is 6.92 Å². The van der Waals surface area contributed by atoms with Gasteiger partial charge in [-0.3, -0.25) is 4.68 Å². The SMILES string of the molecule is CCOc1cccc(O)c1-c1cc(N)n(C)n1. The van der Waals surface area contributed by atoms with Crippen LogP contribution in [0.2, 0.25) is 0 Å². The van der Waals surface area contributed by atoms with Crippen molar-refractivity contribution >= 4 is 5.82 Å². The van der Waals surface area contributed by atoms with E-state index in [0.29, 0.717) is 29.4 Å². The number of aromatic nitrogens is 2. The summed E-state index contributed by atoms with van der Waals surface area (Å²) in [6.45, 7) is 2.42. The van der Waals surface area contributed by atoms with Crippen molar-refractivity contribution in [1.29, 1.82) is 0 Å². The minimum Gasteiger partial charge on any atom is -0.507 e. The van der Waals surface area contributed by atoms with E-state index in [1.165, 1.54) is 0 Å². The predicted octanol–water partition coefficient (Wildman–Crippen LogP) is 1.77. The van der Waals surface area contributed by atoms with Crippen molar-refractivity contribution in [1.82, 2.24) is 9.78 Å². The lowest BCUT2D eigenvalue weighted by Crippen LogP contribution is -1.97. The number of aromatic hydroxyl groups is 1. The molecule has 1 heterocycles. The zero-order valence-electron chi connectivity index (χ0n) is 9.84. The number of ether oxygens (including phenoxy) is 1. The number of nitrogens with zero attached hydrogens (tertiary/aromatic N) is 2. The Labute approximate surface area is 99.4 Å². The van der Waals surface area contributed by atoms with Crippen molar-refractivity contribution in [3.63, 3.8) is 0 Å². The molecule has 0 unspecified atom stereocenters. The van der Waals surface area contributed by atoms with Gasteiger partial charge >= 0.3 is 0 Å². The number of nitrogens with two attached hydrogens (primary N) is 1. The fraction of sp³-hybridized carbons (Fsp3) is 0.250. The van der Waals surface area contributed by atoms with Gasteiger partial charge in [-0.2, -0.15) is 5.10 Å². The number of phenolic OH excluding ortho intramolecular Hbond substituents is 1. The van der Waals surface area contributed by atoms with Gasteiger partial charge in [0.05, 0.1) is 12.2 Å². The molecule has 0 bridgehead atoms. The highest BCUT2D eigenvalue weighted by Crippen LogP contribution is 2.37. The maximum atomic E-state index is 9.90. The summed E-state index contributed by atoms with van der Waals surface area (Å²) in [5, 5.41) is 14.1. The van der Waals surface area contributed by atoms with Gasteiger partial charge in [0, 0.05) is 13.1 Å². The summed E-state index contributed by atoms with van der Waals surface area (Å²) >= 11 is 0. The number of phenols is 1. The molecule has 0 saturated heterocycles.